The molecule has 3 aliphatic carbocycles. The minimum atomic E-state index is -0.351. The highest BCUT2D eigenvalue weighted by atomic mass is 16.5. The lowest BCUT2D eigenvalue weighted by molar-refractivity contribution is -0.173. The molecular formula is C22H34O2. The van der Waals surface area contributed by atoms with Crippen LogP contribution in [0.4, 0.5) is 0 Å². The third kappa shape index (κ3) is 2.40. The lowest BCUT2D eigenvalue weighted by atomic mass is 9.41. The van der Waals surface area contributed by atoms with Gasteiger partial charge in [-0.15, -0.1) is 6.58 Å². The molecule has 0 radical (unpaired) electrons. The van der Waals surface area contributed by atoms with Gasteiger partial charge in [0, 0.05) is 5.41 Å². The first-order valence-electron chi connectivity index (χ1n) is 9.83. The third-order valence-electron chi connectivity index (χ3n) is 7.69. The van der Waals surface area contributed by atoms with Gasteiger partial charge in [-0.25, -0.2) is 0 Å². The molecule has 0 bridgehead atoms. The first kappa shape index (κ1) is 17.8. The topological polar surface area (TPSA) is 26.3 Å². The largest absolute Gasteiger partial charge is 0.466 e. The number of fused-ring (bicyclic) bond motifs is 3. The van der Waals surface area contributed by atoms with Gasteiger partial charge in [0.05, 0.1) is 12.0 Å². The molecule has 0 spiro atoms. The summed E-state index contributed by atoms with van der Waals surface area (Å²) in [6.45, 7) is 13.5. The summed E-state index contributed by atoms with van der Waals surface area (Å²) in [5.74, 6) is 0.999. The monoisotopic (exact) mass is 330 g/mol. The summed E-state index contributed by atoms with van der Waals surface area (Å²) in [5, 5.41) is 0. The van der Waals surface area contributed by atoms with E-state index in [4.69, 9.17) is 4.74 Å². The van der Waals surface area contributed by atoms with Gasteiger partial charge in [-0.2, -0.15) is 0 Å². The van der Waals surface area contributed by atoms with Crippen LogP contribution in [0.15, 0.2) is 24.3 Å². The lowest BCUT2D eigenvalue weighted by Crippen LogP contribution is -2.57. The van der Waals surface area contributed by atoms with Crippen LogP contribution in [-0.4, -0.2) is 12.6 Å². The smallest absolute Gasteiger partial charge is 0.312 e. The minimum Gasteiger partial charge on any atom is -0.466 e. The maximum atomic E-state index is 12.9. The summed E-state index contributed by atoms with van der Waals surface area (Å²) in [6.07, 6.45) is 12.8. The summed E-state index contributed by atoms with van der Waals surface area (Å²) in [5.41, 5.74) is 1.50. The quantitative estimate of drug-likeness (QED) is 0.491. The highest BCUT2D eigenvalue weighted by Crippen LogP contribution is 2.67. The highest BCUT2D eigenvalue weighted by Gasteiger charge is 2.61. The average Bonchev–Trinajstić information content (AvgIpc) is 2.58. The van der Waals surface area contributed by atoms with Crippen molar-refractivity contribution in [1.82, 2.24) is 0 Å². The number of ether oxygens (including phenoxy) is 1. The second-order valence-corrected chi connectivity index (χ2v) is 9.02. The molecular weight excluding hydrogens is 296 g/mol. The molecule has 0 aromatic heterocycles. The normalized spacial score (nSPS) is 44.8. The number of rotatable bonds is 3. The summed E-state index contributed by atoms with van der Waals surface area (Å²) in [7, 11) is 0. The second-order valence-electron chi connectivity index (χ2n) is 9.02. The van der Waals surface area contributed by atoms with Gasteiger partial charge in [-0.05, 0) is 69.6 Å². The number of allylic oxidation sites excluding steroid dienone is 3. The molecule has 134 valence electrons. The van der Waals surface area contributed by atoms with Crippen LogP contribution in [0.5, 0.6) is 0 Å². The van der Waals surface area contributed by atoms with Crippen LogP contribution in [-0.2, 0) is 9.53 Å². The van der Waals surface area contributed by atoms with Gasteiger partial charge in [0.25, 0.3) is 0 Å². The van der Waals surface area contributed by atoms with E-state index in [0.717, 1.165) is 19.3 Å². The van der Waals surface area contributed by atoms with Crippen molar-refractivity contribution in [2.45, 2.75) is 72.6 Å². The van der Waals surface area contributed by atoms with Crippen molar-refractivity contribution in [2.75, 3.05) is 6.61 Å². The fourth-order valence-corrected chi connectivity index (χ4v) is 6.27. The van der Waals surface area contributed by atoms with E-state index in [2.05, 4.69) is 39.5 Å². The Morgan fingerprint density at radius 3 is 2.75 bits per heavy atom. The number of carbonyl (C=O) groups is 1. The molecule has 0 unspecified atom stereocenters. The van der Waals surface area contributed by atoms with Gasteiger partial charge < -0.3 is 4.74 Å². The van der Waals surface area contributed by atoms with E-state index in [9.17, 15) is 4.79 Å². The predicted molar refractivity (Wildman–Crippen MR) is 98.5 cm³/mol. The highest BCUT2D eigenvalue weighted by molar-refractivity contribution is 5.77. The number of hydrogen-bond acceptors (Lipinski definition) is 2. The van der Waals surface area contributed by atoms with E-state index in [1.54, 1.807) is 5.57 Å². The minimum absolute atomic E-state index is 0.0237. The summed E-state index contributed by atoms with van der Waals surface area (Å²) >= 11 is 0. The molecule has 0 saturated heterocycles. The first-order valence-corrected chi connectivity index (χ1v) is 9.83. The Labute approximate surface area is 147 Å². The molecule has 2 nitrogen and oxygen atoms in total. The molecule has 2 fully saturated rings. The molecule has 0 N–H and O–H groups in total. The van der Waals surface area contributed by atoms with Crippen molar-refractivity contribution in [3.63, 3.8) is 0 Å². The van der Waals surface area contributed by atoms with Crippen LogP contribution in [0.25, 0.3) is 0 Å². The Hall–Kier alpha value is -1.05. The second kappa shape index (κ2) is 6.04. The van der Waals surface area contributed by atoms with Gasteiger partial charge in [0.2, 0.25) is 0 Å². The Morgan fingerprint density at radius 2 is 2.08 bits per heavy atom. The van der Waals surface area contributed by atoms with Crippen LogP contribution in [0, 0.1) is 28.1 Å². The van der Waals surface area contributed by atoms with Crippen molar-refractivity contribution >= 4 is 5.97 Å². The van der Waals surface area contributed by atoms with E-state index < -0.39 is 0 Å². The maximum absolute atomic E-state index is 12.9. The lowest BCUT2D eigenvalue weighted by Gasteiger charge is -2.62. The number of esters is 1. The van der Waals surface area contributed by atoms with E-state index in [1.807, 2.05) is 6.92 Å². The number of hydrogen-bond donors (Lipinski definition) is 0. The molecule has 2 saturated carbocycles. The summed E-state index contributed by atoms with van der Waals surface area (Å²) in [4.78, 5) is 12.9. The Morgan fingerprint density at radius 1 is 1.33 bits per heavy atom. The SMILES string of the molecule is C=C[C@]1(C)C[C@@H]2[C@](C)(CCC[C@@]2(C)C(=O)OCC)[C@H]2CCCC=C21. The molecule has 24 heavy (non-hydrogen) atoms. The van der Waals surface area contributed by atoms with Crippen LogP contribution < -0.4 is 0 Å². The summed E-state index contributed by atoms with van der Waals surface area (Å²) < 4.78 is 5.54. The zero-order chi connectivity index (χ0) is 17.6. The van der Waals surface area contributed by atoms with Crippen molar-refractivity contribution in [1.29, 1.82) is 0 Å². The van der Waals surface area contributed by atoms with E-state index in [0.29, 0.717) is 18.4 Å². The maximum Gasteiger partial charge on any atom is 0.312 e. The molecule has 2 heteroatoms. The zero-order valence-corrected chi connectivity index (χ0v) is 16.0. The molecule has 5 atom stereocenters. The molecule has 0 aliphatic heterocycles. The molecule has 0 heterocycles. The Balaban J connectivity index is 2.08. The van der Waals surface area contributed by atoms with Crippen LogP contribution in [0.2, 0.25) is 0 Å². The fraction of sp³-hybridized carbons (Fsp3) is 0.773. The van der Waals surface area contributed by atoms with E-state index >= 15 is 0 Å². The summed E-state index contributed by atoms with van der Waals surface area (Å²) in [6, 6.07) is 0. The fourth-order valence-electron chi connectivity index (χ4n) is 6.27. The molecule has 0 amide bonds. The van der Waals surface area contributed by atoms with Crippen LogP contribution in [0.3, 0.4) is 0 Å². The molecule has 3 rings (SSSR count). The van der Waals surface area contributed by atoms with Crippen molar-refractivity contribution in [3.05, 3.63) is 24.3 Å². The van der Waals surface area contributed by atoms with Crippen LogP contribution >= 0.6 is 0 Å². The van der Waals surface area contributed by atoms with Gasteiger partial charge in [0.15, 0.2) is 0 Å². The first-order chi connectivity index (χ1) is 11.3. The standard InChI is InChI=1S/C22H34O2/c1-6-20(3)15-18-21(4,17-12-9-8-11-16(17)20)13-10-14-22(18,5)19(23)24-7-2/h6,11,17-18H,1,7-10,12-15H2,2-5H3/t17-,18+,20+,21+,22+/m0/s1. The predicted octanol–water partition coefficient (Wildman–Crippen LogP) is 5.68. The molecule has 3 aliphatic rings. The molecule has 0 aromatic rings. The van der Waals surface area contributed by atoms with Gasteiger partial charge in [-0.3, -0.25) is 4.79 Å². The van der Waals surface area contributed by atoms with Crippen molar-refractivity contribution in [3.8, 4) is 0 Å². The van der Waals surface area contributed by atoms with E-state index in [-0.39, 0.29) is 22.2 Å². The zero-order valence-electron chi connectivity index (χ0n) is 16.0. The van der Waals surface area contributed by atoms with Crippen molar-refractivity contribution in [2.24, 2.45) is 28.1 Å². The van der Waals surface area contributed by atoms with Crippen molar-refractivity contribution < 1.29 is 9.53 Å². The molecule has 0 aromatic carbocycles. The number of carbonyl (C=O) groups excluding carboxylic acids is 1. The third-order valence-corrected chi connectivity index (χ3v) is 7.69. The van der Waals surface area contributed by atoms with Gasteiger partial charge in [-0.1, -0.05) is 38.0 Å². The Bertz CT molecular complexity index is 562. The van der Waals surface area contributed by atoms with Gasteiger partial charge >= 0.3 is 5.97 Å². The average molecular weight is 331 g/mol. The van der Waals surface area contributed by atoms with Crippen LogP contribution in [0.1, 0.15) is 72.6 Å². The van der Waals surface area contributed by atoms with Gasteiger partial charge in [0.1, 0.15) is 0 Å². The van der Waals surface area contributed by atoms with E-state index in [1.165, 1.54) is 25.7 Å². The Kier molecular flexibility index (Phi) is 4.47.